The second kappa shape index (κ2) is 3.40. The summed E-state index contributed by atoms with van der Waals surface area (Å²) in [7, 11) is 0. The summed E-state index contributed by atoms with van der Waals surface area (Å²) in [4.78, 5) is 8.22. The number of aromatic nitrogens is 2. The molecular formula is C9H11ClN2. The van der Waals surface area contributed by atoms with Crippen LogP contribution in [0, 0.1) is 0 Å². The van der Waals surface area contributed by atoms with Gasteiger partial charge in [0.25, 0.3) is 0 Å². The van der Waals surface area contributed by atoms with Gasteiger partial charge in [-0.1, -0.05) is 6.42 Å². The molecule has 1 aliphatic rings. The first-order valence-electron chi connectivity index (χ1n) is 4.36. The number of rotatable bonds is 0. The van der Waals surface area contributed by atoms with E-state index < -0.39 is 0 Å². The summed E-state index contributed by atoms with van der Waals surface area (Å²) in [6.07, 6.45) is 7.85. The van der Waals surface area contributed by atoms with Crippen LogP contribution in [-0.4, -0.2) is 9.97 Å². The maximum Gasteiger partial charge on any atom is 0.222 e. The smallest absolute Gasteiger partial charge is 0.222 e. The van der Waals surface area contributed by atoms with Crippen molar-refractivity contribution in [3.8, 4) is 0 Å². The van der Waals surface area contributed by atoms with Crippen molar-refractivity contribution in [3.63, 3.8) is 0 Å². The summed E-state index contributed by atoms with van der Waals surface area (Å²) >= 11 is 5.71. The predicted octanol–water partition coefficient (Wildman–Crippen LogP) is 2.40. The Labute approximate surface area is 77.0 Å². The molecule has 12 heavy (non-hydrogen) atoms. The molecule has 0 saturated carbocycles. The summed E-state index contributed by atoms with van der Waals surface area (Å²) < 4.78 is 0. The van der Waals surface area contributed by atoms with Crippen LogP contribution in [0.5, 0.6) is 0 Å². The normalized spacial score (nSPS) is 16.8. The lowest BCUT2D eigenvalue weighted by atomic mass is 10.1. The monoisotopic (exact) mass is 182 g/mol. The molecule has 0 bridgehead atoms. The van der Waals surface area contributed by atoms with Gasteiger partial charge < -0.3 is 0 Å². The quantitative estimate of drug-likeness (QED) is 0.455. The van der Waals surface area contributed by atoms with Crippen LogP contribution in [-0.2, 0) is 12.8 Å². The van der Waals surface area contributed by atoms with Crippen LogP contribution < -0.4 is 0 Å². The summed E-state index contributed by atoms with van der Waals surface area (Å²) in [5.41, 5.74) is 2.45. The van der Waals surface area contributed by atoms with Crippen molar-refractivity contribution in [1.82, 2.24) is 9.97 Å². The first kappa shape index (κ1) is 7.99. The van der Waals surface area contributed by atoms with Gasteiger partial charge in [-0.3, -0.25) is 0 Å². The summed E-state index contributed by atoms with van der Waals surface area (Å²) in [6.45, 7) is 0. The van der Waals surface area contributed by atoms with Crippen molar-refractivity contribution in [1.29, 1.82) is 0 Å². The van der Waals surface area contributed by atoms with Gasteiger partial charge in [0.05, 0.1) is 0 Å². The van der Waals surface area contributed by atoms with Gasteiger partial charge in [0.15, 0.2) is 0 Å². The van der Waals surface area contributed by atoms with E-state index in [0.717, 1.165) is 18.5 Å². The van der Waals surface area contributed by atoms with E-state index >= 15 is 0 Å². The Hall–Kier alpha value is -0.630. The van der Waals surface area contributed by atoms with Crippen molar-refractivity contribution in [2.45, 2.75) is 32.1 Å². The molecule has 0 aliphatic heterocycles. The standard InChI is InChI=1S/C9H11ClN2/c10-9-11-6-7-4-2-1-3-5-8(7)12-9/h6H,1-5H2. The third kappa shape index (κ3) is 1.58. The second-order valence-corrected chi connectivity index (χ2v) is 3.51. The number of hydrogen-bond acceptors (Lipinski definition) is 2. The summed E-state index contributed by atoms with van der Waals surface area (Å²) in [6, 6.07) is 0. The van der Waals surface area contributed by atoms with Gasteiger partial charge in [0.1, 0.15) is 0 Å². The van der Waals surface area contributed by atoms with Gasteiger partial charge in [-0.25, -0.2) is 9.97 Å². The SMILES string of the molecule is Clc1ncc2c(n1)CCCCC2. The highest BCUT2D eigenvalue weighted by Crippen LogP contribution is 2.18. The van der Waals surface area contributed by atoms with E-state index in [0.29, 0.717) is 5.28 Å². The minimum Gasteiger partial charge on any atom is -0.226 e. The Kier molecular flexibility index (Phi) is 2.26. The van der Waals surface area contributed by atoms with Crippen molar-refractivity contribution in [2.75, 3.05) is 0 Å². The summed E-state index contributed by atoms with van der Waals surface area (Å²) in [5.74, 6) is 0. The lowest BCUT2D eigenvalue weighted by Crippen LogP contribution is -1.97. The largest absolute Gasteiger partial charge is 0.226 e. The van der Waals surface area contributed by atoms with Crippen LogP contribution in [0.3, 0.4) is 0 Å². The molecule has 0 unspecified atom stereocenters. The Morgan fingerprint density at radius 2 is 2.00 bits per heavy atom. The molecule has 0 spiro atoms. The van der Waals surface area contributed by atoms with E-state index in [2.05, 4.69) is 9.97 Å². The maximum absolute atomic E-state index is 5.71. The van der Waals surface area contributed by atoms with Gasteiger partial charge in [0, 0.05) is 11.9 Å². The zero-order valence-electron chi connectivity index (χ0n) is 6.89. The number of hydrogen-bond donors (Lipinski definition) is 0. The second-order valence-electron chi connectivity index (χ2n) is 3.17. The minimum absolute atomic E-state index is 0.385. The van der Waals surface area contributed by atoms with Gasteiger partial charge >= 0.3 is 0 Å². The fourth-order valence-electron chi connectivity index (χ4n) is 1.63. The van der Waals surface area contributed by atoms with Gasteiger partial charge in [0.2, 0.25) is 5.28 Å². The van der Waals surface area contributed by atoms with Crippen molar-refractivity contribution < 1.29 is 0 Å². The van der Waals surface area contributed by atoms with Crippen molar-refractivity contribution >= 4 is 11.6 Å². The molecule has 0 fully saturated rings. The molecule has 2 rings (SSSR count). The molecule has 0 amide bonds. The highest BCUT2D eigenvalue weighted by atomic mass is 35.5. The van der Waals surface area contributed by atoms with Gasteiger partial charge in [-0.2, -0.15) is 0 Å². The first-order chi connectivity index (χ1) is 5.86. The topological polar surface area (TPSA) is 25.8 Å². The van der Waals surface area contributed by atoms with E-state index in [4.69, 9.17) is 11.6 Å². The maximum atomic E-state index is 5.71. The molecule has 1 aliphatic carbocycles. The first-order valence-corrected chi connectivity index (χ1v) is 4.74. The molecule has 1 aromatic rings. The zero-order chi connectivity index (χ0) is 8.39. The van der Waals surface area contributed by atoms with E-state index in [9.17, 15) is 0 Å². The fraction of sp³-hybridized carbons (Fsp3) is 0.556. The number of aryl methyl sites for hydroxylation is 2. The van der Waals surface area contributed by atoms with Gasteiger partial charge in [-0.05, 0) is 42.8 Å². The fourth-order valence-corrected chi connectivity index (χ4v) is 1.78. The zero-order valence-corrected chi connectivity index (χ0v) is 7.64. The highest BCUT2D eigenvalue weighted by Gasteiger charge is 2.09. The molecule has 0 aromatic carbocycles. The van der Waals surface area contributed by atoms with E-state index in [1.807, 2.05) is 6.20 Å². The van der Waals surface area contributed by atoms with Crippen LogP contribution in [0.4, 0.5) is 0 Å². The molecule has 2 nitrogen and oxygen atoms in total. The lowest BCUT2D eigenvalue weighted by molar-refractivity contribution is 0.708. The molecule has 0 saturated heterocycles. The molecule has 3 heteroatoms. The molecule has 64 valence electrons. The minimum atomic E-state index is 0.385. The van der Waals surface area contributed by atoms with E-state index in [1.165, 1.54) is 24.8 Å². The summed E-state index contributed by atoms with van der Waals surface area (Å²) in [5, 5.41) is 0.385. The molecule has 0 atom stereocenters. The van der Waals surface area contributed by atoms with Crippen molar-refractivity contribution in [3.05, 3.63) is 22.7 Å². The third-order valence-corrected chi connectivity index (χ3v) is 2.47. The van der Waals surface area contributed by atoms with Crippen LogP contribution >= 0.6 is 11.6 Å². The van der Waals surface area contributed by atoms with Gasteiger partial charge in [-0.15, -0.1) is 0 Å². The van der Waals surface area contributed by atoms with E-state index in [1.54, 1.807) is 0 Å². The molecule has 0 radical (unpaired) electrons. The third-order valence-electron chi connectivity index (χ3n) is 2.28. The molecular weight excluding hydrogens is 172 g/mol. The number of nitrogens with zero attached hydrogens (tertiary/aromatic N) is 2. The lowest BCUT2D eigenvalue weighted by Gasteiger charge is -2.02. The highest BCUT2D eigenvalue weighted by molar-refractivity contribution is 6.28. The van der Waals surface area contributed by atoms with Crippen LogP contribution in [0.15, 0.2) is 6.20 Å². The Balaban J connectivity index is 2.36. The molecule has 1 aromatic heterocycles. The Bertz CT molecular complexity index is 286. The van der Waals surface area contributed by atoms with Crippen LogP contribution in [0.2, 0.25) is 5.28 Å². The average Bonchev–Trinajstić information content (AvgIpc) is 2.28. The van der Waals surface area contributed by atoms with Crippen molar-refractivity contribution in [2.24, 2.45) is 0 Å². The number of fused-ring (bicyclic) bond motifs is 1. The molecule has 1 heterocycles. The Morgan fingerprint density at radius 1 is 1.17 bits per heavy atom. The number of halogens is 1. The van der Waals surface area contributed by atoms with E-state index in [-0.39, 0.29) is 0 Å². The van der Waals surface area contributed by atoms with Crippen LogP contribution in [0.25, 0.3) is 0 Å². The average molecular weight is 183 g/mol. The van der Waals surface area contributed by atoms with Crippen LogP contribution in [0.1, 0.15) is 30.5 Å². The Morgan fingerprint density at radius 3 is 2.92 bits per heavy atom. The predicted molar refractivity (Wildman–Crippen MR) is 48.3 cm³/mol. The molecule has 0 N–H and O–H groups in total.